The third-order valence-electron chi connectivity index (χ3n) is 4.44. The Morgan fingerprint density at radius 3 is 2.39 bits per heavy atom. The molecule has 1 aliphatic heterocycles. The molecule has 6 nitrogen and oxygen atoms in total. The third kappa shape index (κ3) is 4.34. The summed E-state index contributed by atoms with van der Waals surface area (Å²) in [5, 5.41) is 9.76. The van der Waals surface area contributed by atoms with Gasteiger partial charge in [-0.25, -0.2) is 13.5 Å². The lowest BCUT2D eigenvalue weighted by Crippen LogP contribution is -2.41. The smallest absolute Gasteiger partial charge is 0.286 e. The summed E-state index contributed by atoms with van der Waals surface area (Å²) in [6, 6.07) is 3.53. The van der Waals surface area contributed by atoms with E-state index >= 15 is 0 Å². The Morgan fingerprint density at radius 1 is 1.14 bits per heavy atom. The van der Waals surface area contributed by atoms with Crippen LogP contribution in [0.2, 0.25) is 0 Å². The lowest BCUT2D eigenvalue weighted by Gasteiger charge is -2.13. The largest absolute Gasteiger partial charge is 0.416 e. The van der Waals surface area contributed by atoms with Gasteiger partial charge in [-0.05, 0) is 35.8 Å². The number of amides is 1. The summed E-state index contributed by atoms with van der Waals surface area (Å²) in [6.07, 6.45) is 1.83. The van der Waals surface area contributed by atoms with Crippen molar-refractivity contribution < 1.29 is 31.6 Å². The third-order valence-corrected chi connectivity index (χ3v) is 6.02. The highest BCUT2D eigenvalue weighted by atomic mass is 32.2. The summed E-state index contributed by atoms with van der Waals surface area (Å²) in [5.74, 6) is -0.714. The van der Waals surface area contributed by atoms with Crippen LogP contribution in [-0.4, -0.2) is 37.2 Å². The van der Waals surface area contributed by atoms with Crippen molar-refractivity contribution in [2.75, 3.05) is 6.54 Å². The SMILES string of the molecule is O=C1C(NS(=O)(=O)C2=CC=C(c3ccc(C(F)(F)F)cc3)C=CC2)CCN1O. The van der Waals surface area contributed by atoms with E-state index in [9.17, 15) is 31.6 Å². The van der Waals surface area contributed by atoms with Crippen LogP contribution in [0.3, 0.4) is 0 Å². The normalized spacial score (nSPS) is 20.8. The number of hydrogen-bond acceptors (Lipinski definition) is 4. The van der Waals surface area contributed by atoms with E-state index in [4.69, 9.17) is 0 Å². The van der Waals surface area contributed by atoms with Crippen LogP contribution >= 0.6 is 0 Å². The van der Waals surface area contributed by atoms with Crippen LogP contribution in [0.15, 0.2) is 53.5 Å². The first-order valence-electron chi connectivity index (χ1n) is 8.35. The van der Waals surface area contributed by atoms with E-state index in [1.807, 2.05) is 0 Å². The summed E-state index contributed by atoms with van der Waals surface area (Å²) in [5.41, 5.74) is 0.294. The summed E-state index contributed by atoms with van der Waals surface area (Å²) in [7, 11) is -3.97. The zero-order valence-electron chi connectivity index (χ0n) is 14.5. The molecule has 150 valence electrons. The summed E-state index contributed by atoms with van der Waals surface area (Å²) >= 11 is 0. The second-order valence-electron chi connectivity index (χ2n) is 6.36. The fraction of sp³-hybridized carbons (Fsp3) is 0.278. The molecule has 1 amide bonds. The second kappa shape index (κ2) is 7.53. The number of allylic oxidation sites excluding steroid dienone is 6. The highest BCUT2D eigenvalue weighted by molar-refractivity contribution is 7.93. The second-order valence-corrected chi connectivity index (χ2v) is 8.13. The average Bonchev–Trinajstić information content (AvgIpc) is 2.84. The van der Waals surface area contributed by atoms with Gasteiger partial charge in [-0.15, -0.1) is 0 Å². The van der Waals surface area contributed by atoms with Gasteiger partial charge < -0.3 is 0 Å². The van der Waals surface area contributed by atoms with Gasteiger partial charge in [0.25, 0.3) is 5.91 Å². The van der Waals surface area contributed by atoms with Crippen LogP contribution in [-0.2, 0) is 21.0 Å². The molecule has 0 bridgehead atoms. The summed E-state index contributed by atoms with van der Waals surface area (Å²) in [4.78, 5) is 11.7. The van der Waals surface area contributed by atoms with Crippen molar-refractivity contribution in [2.24, 2.45) is 0 Å². The van der Waals surface area contributed by atoms with Gasteiger partial charge in [0.05, 0.1) is 17.0 Å². The Hall–Kier alpha value is -2.43. The number of hydroxylamine groups is 2. The zero-order valence-corrected chi connectivity index (χ0v) is 15.3. The molecule has 1 saturated heterocycles. The zero-order chi connectivity index (χ0) is 20.5. The maximum Gasteiger partial charge on any atom is 0.416 e. The number of rotatable bonds is 4. The van der Waals surface area contributed by atoms with Crippen LogP contribution < -0.4 is 4.72 Å². The Bertz CT molecular complexity index is 964. The van der Waals surface area contributed by atoms with E-state index < -0.39 is 33.7 Å². The predicted octanol–water partition coefficient (Wildman–Crippen LogP) is 2.84. The molecule has 2 N–H and O–H groups in total. The monoisotopic (exact) mass is 414 g/mol. The predicted molar refractivity (Wildman–Crippen MR) is 95.2 cm³/mol. The van der Waals surface area contributed by atoms with E-state index in [1.54, 1.807) is 12.2 Å². The Labute approximate surface area is 159 Å². The van der Waals surface area contributed by atoms with Gasteiger partial charge in [0.1, 0.15) is 6.04 Å². The molecule has 3 rings (SSSR count). The fourth-order valence-corrected chi connectivity index (χ4v) is 4.20. The lowest BCUT2D eigenvalue weighted by atomic mass is 10.0. The first-order chi connectivity index (χ1) is 13.1. The van der Waals surface area contributed by atoms with Gasteiger partial charge in [0.15, 0.2) is 0 Å². The Kier molecular flexibility index (Phi) is 5.46. The molecule has 10 heteroatoms. The van der Waals surface area contributed by atoms with Crippen LogP contribution in [0.4, 0.5) is 13.2 Å². The molecule has 1 aromatic carbocycles. The van der Waals surface area contributed by atoms with E-state index in [0.29, 0.717) is 16.2 Å². The van der Waals surface area contributed by atoms with Crippen molar-refractivity contribution in [3.8, 4) is 0 Å². The Balaban J connectivity index is 1.80. The number of nitrogens with one attached hydrogen (secondary N) is 1. The molecule has 0 aromatic heterocycles. The highest BCUT2D eigenvalue weighted by Gasteiger charge is 2.35. The molecule has 28 heavy (non-hydrogen) atoms. The topological polar surface area (TPSA) is 86.7 Å². The van der Waals surface area contributed by atoms with Crippen LogP contribution in [0.25, 0.3) is 5.57 Å². The van der Waals surface area contributed by atoms with E-state index in [-0.39, 0.29) is 24.3 Å². The quantitative estimate of drug-likeness (QED) is 0.742. The van der Waals surface area contributed by atoms with E-state index in [2.05, 4.69) is 4.72 Å². The molecule has 0 spiro atoms. The minimum atomic E-state index is -4.43. The molecular weight excluding hydrogens is 397 g/mol. The van der Waals surface area contributed by atoms with Crippen molar-refractivity contribution in [1.82, 2.24) is 9.79 Å². The van der Waals surface area contributed by atoms with Gasteiger partial charge in [-0.3, -0.25) is 10.0 Å². The minimum Gasteiger partial charge on any atom is -0.286 e. The van der Waals surface area contributed by atoms with Gasteiger partial charge >= 0.3 is 6.18 Å². The summed E-state index contributed by atoms with van der Waals surface area (Å²) < 4.78 is 65.3. The lowest BCUT2D eigenvalue weighted by molar-refractivity contribution is -0.158. The molecule has 1 atom stereocenters. The molecular formula is C18H17F3N2O4S. The van der Waals surface area contributed by atoms with Crippen molar-refractivity contribution in [3.05, 3.63) is 64.6 Å². The van der Waals surface area contributed by atoms with Crippen LogP contribution in [0.5, 0.6) is 0 Å². The Morgan fingerprint density at radius 2 is 1.82 bits per heavy atom. The van der Waals surface area contributed by atoms with Crippen LogP contribution in [0.1, 0.15) is 24.0 Å². The molecule has 1 aromatic rings. The maximum atomic E-state index is 12.7. The highest BCUT2D eigenvalue weighted by Crippen LogP contribution is 2.31. The molecule has 1 heterocycles. The number of sulfonamides is 1. The van der Waals surface area contributed by atoms with Crippen molar-refractivity contribution in [3.63, 3.8) is 0 Å². The van der Waals surface area contributed by atoms with E-state index in [1.165, 1.54) is 24.3 Å². The van der Waals surface area contributed by atoms with Crippen molar-refractivity contribution in [2.45, 2.75) is 25.1 Å². The van der Waals surface area contributed by atoms with E-state index in [0.717, 1.165) is 12.1 Å². The van der Waals surface area contributed by atoms with Gasteiger partial charge in [-0.1, -0.05) is 30.4 Å². The number of halogens is 3. The number of carbonyl (C=O) groups is 1. The van der Waals surface area contributed by atoms with Gasteiger partial charge in [0, 0.05) is 6.42 Å². The first kappa shape index (κ1) is 20.3. The minimum absolute atomic E-state index is 0.00912. The van der Waals surface area contributed by atoms with Crippen molar-refractivity contribution >= 4 is 21.5 Å². The number of nitrogens with zero attached hydrogens (tertiary/aromatic N) is 1. The molecule has 1 aliphatic carbocycles. The summed E-state index contributed by atoms with van der Waals surface area (Å²) in [6.45, 7) is 0.0446. The van der Waals surface area contributed by atoms with Gasteiger partial charge in [-0.2, -0.15) is 17.9 Å². The number of carbonyl (C=O) groups excluding carboxylic acids is 1. The molecule has 1 fully saturated rings. The number of alkyl halides is 3. The average molecular weight is 414 g/mol. The van der Waals surface area contributed by atoms with Crippen LogP contribution in [0, 0.1) is 0 Å². The van der Waals surface area contributed by atoms with Gasteiger partial charge in [0.2, 0.25) is 10.0 Å². The molecule has 0 saturated carbocycles. The number of hydrogen-bond donors (Lipinski definition) is 2. The van der Waals surface area contributed by atoms with Crippen molar-refractivity contribution in [1.29, 1.82) is 0 Å². The maximum absolute atomic E-state index is 12.7. The molecule has 2 aliphatic rings. The molecule has 1 unspecified atom stereocenters. The first-order valence-corrected chi connectivity index (χ1v) is 9.84. The number of benzene rings is 1. The standard InChI is InChI=1S/C18H17F3N2O4S/c19-18(20,21)14-7-4-13(5-8-14)12-2-1-3-15(9-6-12)28(26,27)22-16-10-11-23(25)17(16)24/h1-2,4-9,16,22,25H,3,10-11H2. The molecule has 0 radical (unpaired) electrons. The fourth-order valence-electron chi connectivity index (χ4n) is 2.89.